The fraction of sp³-hybridized carbons (Fsp3) is 0.182. The van der Waals surface area contributed by atoms with Gasteiger partial charge in [-0.1, -0.05) is 23.2 Å². The molecule has 0 saturated heterocycles. The number of sulfonamides is 1. The molecule has 0 atom stereocenters. The van der Waals surface area contributed by atoms with Crippen LogP contribution in [0.25, 0.3) is 0 Å². The maximum Gasteiger partial charge on any atom is 0.271 e. The summed E-state index contributed by atoms with van der Waals surface area (Å²) < 4.78 is 27.0. The van der Waals surface area contributed by atoms with E-state index in [0.29, 0.717) is 5.56 Å². The Bertz CT molecular complexity index is 703. The van der Waals surface area contributed by atoms with E-state index in [9.17, 15) is 8.42 Å². The lowest BCUT2D eigenvalue weighted by Crippen LogP contribution is -2.13. The van der Waals surface area contributed by atoms with Crippen LogP contribution in [0.5, 0.6) is 0 Å². The Morgan fingerprint density at radius 3 is 2.47 bits per heavy atom. The summed E-state index contributed by atoms with van der Waals surface area (Å²) in [6, 6.07) is 4.84. The Morgan fingerprint density at radius 2 is 1.95 bits per heavy atom. The number of pyridine rings is 1. The molecule has 2 aromatic heterocycles. The van der Waals surface area contributed by atoms with Crippen LogP contribution in [-0.4, -0.2) is 13.4 Å². The molecule has 0 aromatic carbocycles. The van der Waals surface area contributed by atoms with Crippen molar-refractivity contribution in [2.45, 2.75) is 18.1 Å². The lowest BCUT2D eigenvalue weighted by molar-refractivity contribution is 0.603. The van der Waals surface area contributed by atoms with Gasteiger partial charge >= 0.3 is 0 Å². The third-order valence-electron chi connectivity index (χ3n) is 2.36. The van der Waals surface area contributed by atoms with Crippen LogP contribution in [0.4, 0.5) is 5.69 Å². The second-order valence-corrected chi connectivity index (χ2v) is 7.84. The van der Waals surface area contributed by atoms with Crippen molar-refractivity contribution in [1.82, 2.24) is 4.98 Å². The lowest BCUT2D eigenvalue weighted by Gasteiger charge is -2.10. The standard InChI is InChI=1S/C11H10Cl2N2O2S2/c1-6-5-8(12)14-11(13)10(6)15-19(16,17)9-4-3-7(2)18-9/h3-5,15H,1-2H3. The summed E-state index contributed by atoms with van der Waals surface area (Å²) in [5, 5.41) is 0.249. The molecular formula is C11H10Cl2N2O2S2. The maximum atomic E-state index is 12.2. The number of nitrogens with zero attached hydrogens (tertiary/aromatic N) is 1. The van der Waals surface area contributed by atoms with Gasteiger partial charge in [0.1, 0.15) is 9.36 Å². The molecule has 4 nitrogen and oxygen atoms in total. The van der Waals surface area contributed by atoms with Gasteiger partial charge < -0.3 is 0 Å². The largest absolute Gasteiger partial charge is 0.276 e. The van der Waals surface area contributed by atoms with E-state index in [2.05, 4.69) is 9.71 Å². The Labute approximate surface area is 125 Å². The van der Waals surface area contributed by atoms with Gasteiger partial charge in [0, 0.05) is 4.88 Å². The van der Waals surface area contributed by atoms with E-state index < -0.39 is 10.0 Å². The molecule has 19 heavy (non-hydrogen) atoms. The molecule has 0 unspecified atom stereocenters. The van der Waals surface area contributed by atoms with Crippen molar-refractivity contribution >= 4 is 50.2 Å². The number of nitrogens with one attached hydrogen (secondary N) is 1. The van der Waals surface area contributed by atoms with Crippen LogP contribution in [0.2, 0.25) is 10.3 Å². The topological polar surface area (TPSA) is 59.1 Å². The number of aryl methyl sites for hydroxylation is 2. The van der Waals surface area contributed by atoms with Gasteiger partial charge in [-0.2, -0.15) is 0 Å². The van der Waals surface area contributed by atoms with Crippen molar-refractivity contribution in [3.8, 4) is 0 Å². The van der Waals surface area contributed by atoms with Crippen LogP contribution >= 0.6 is 34.5 Å². The van der Waals surface area contributed by atoms with Crippen LogP contribution in [0.15, 0.2) is 22.4 Å². The molecule has 1 N–H and O–H groups in total. The molecule has 2 heterocycles. The zero-order valence-electron chi connectivity index (χ0n) is 10.1. The molecule has 0 aliphatic carbocycles. The van der Waals surface area contributed by atoms with Crippen molar-refractivity contribution in [3.05, 3.63) is 38.9 Å². The van der Waals surface area contributed by atoms with Gasteiger partial charge in [-0.05, 0) is 37.6 Å². The van der Waals surface area contributed by atoms with Gasteiger partial charge in [0.2, 0.25) is 0 Å². The molecule has 0 amide bonds. The summed E-state index contributed by atoms with van der Waals surface area (Å²) in [7, 11) is -3.65. The third-order valence-corrected chi connectivity index (χ3v) is 5.67. The average Bonchev–Trinajstić information content (AvgIpc) is 2.71. The molecule has 0 bridgehead atoms. The first kappa shape index (κ1) is 14.6. The molecule has 0 fully saturated rings. The van der Waals surface area contributed by atoms with Gasteiger partial charge in [0.25, 0.3) is 10.0 Å². The second-order valence-electron chi connectivity index (χ2n) is 3.90. The van der Waals surface area contributed by atoms with Crippen molar-refractivity contribution in [2.75, 3.05) is 4.72 Å². The van der Waals surface area contributed by atoms with Crippen molar-refractivity contribution in [1.29, 1.82) is 0 Å². The number of aromatic nitrogens is 1. The summed E-state index contributed by atoms with van der Waals surface area (Å²) in [5.74, 6) is 0. The smallest absolute Gasteiger partial charge is 0.271 e. The number of hydrogen-bond acceptors (Lipinski definition) is 4. The van der Waals surface area contributed by atoms with E-state index in [4.69, 9.17) is 23.2 Å². The van der Waals surface area contributed by atoms with E-state index in [1.165, 1.54) is 11.3 Å². The Balaban J connectivity index is 2.41. The fourth-order valence-electron chi connectivity index (χ4n) is 1.46. The highest BCUT2D eigenvalue weighted by Gasteiger charge is 2.19. The van der Waals surface area contributed by atoms with Gasteiger partial charge in [0.15, 0.2) is 5.15 Å². The van der Waals surface area contributed by atoms with Crippen LogP contribution in [0.3, 0.4) is 0 Å². The third kappa shape index (κ3) is 3.20. The molecule has 0 saturated carbocycles. The highest BCUT2D eigenvalue weighted by molar-refractivity contribution is 7.94. The van der Waals surface area contributed by atoms with Crippen LogP contribution in [0, 0.1) is 13.8 Å². The van der Waals surface area contributed by atoms with E-state index >= 15 is 0 Å². The second kappa shape index (κ2) is 5.28. The van der Waals surface area contributed by atoms with E-state index in [1.807, 2.05) is 6.92 Å². The minimum Gasteiger partial charge on any atom is -0.276 e. The molecule has 8 heteroatoms. The number of rotatable bonds is 3. The van der Waals surface area contributed by atoms with E-state index in [0.717, 1.165) is 4.88 Å². The zero-order valence-corrected chi connectivity index (χ0v) is 13.2. The number of hydrogen-bond donors (Lipinski definition) is 1. The normalized spacial score (nSPS) is 11.6. The number of halogens is 2. The highest BCUT2D eigenvalue weighted by atomic mass is 35.5. The quantitative estimate of drug-likeness (QED) is 0.865. The Kier molecular flexibility index (Phi) is 4.06. The van der Waals surface area contributed by atoms with Crippen molar-refractivity contribution in [2.24, 2.45) is 0 Å². The van der Waals surface area contributed by atoms with Crippen LogP contribution in [0.1, 0.15) is 10.4 Å². The first-order valence-electron chi connectivity index (χ1n) is 5.21. The predicted octanol–water partition coefficient (Wildman–Crippen LogP) is 3.87. The summed E-state index contributed by atoms with van der Waals surface area (Å²) in [5.41, 5.74) is 0.860. The molecule has 0 aliphatic heterocycles. The first-order valence-corrected chi connectivity index (χ1v) is 8.27. The lowest BCUT2D eigenvalue weighted by atomic mass is 10.3. The van der Waals surface area contributed by atoms with E-state index in [1.54, 1.807) is 25.1 Å². The van der Waals surface area contributed by atoms with Gasteiger partial charge in [-0.3, -0.25) is 4.72 Å². The molecule has 102 valence electrons. The molecule has 0 aliphatic rings. The monoisotopic (exact) mass is 336 g/mol. The van der Waals surface area contributed by atoms with Gasteiger partial charge in [0.05, 0.1) is 5.69 Å². The molecule has 2 rings (SSSR count). The molecule has 2 aromatic rings. The molecular weight excluding hydrogens is 327 g/mol. The van der Waals surface area contributed by atoms with Crippen LogP contribution in [-0.2, 0) is 10.0 Å². The molecule has 0 radical (unpaired) electrons. The summed E-state index contributed by atoms with van der Waals surface area (Å²) in [6.45, 7) is 3.54. The predicted molar refractivity (Wildman–Crippen MR) is 78.9 cm³/mol. The SMILES string of the molecule is Cc1ccc(S(=O)(=O)Nc2c(C)cc(Cl)nc2Cl)s1. The molecule has 0 spiro atoms. The zero-order chi connectivity index (χ0) is 14.2. The van der Waals surface area contributed by atoms with Crippen molar-refractivity contribution in [3.63, 3.8) is 0 Å². The minimum atomic E-state index is -3.65. The summed E-state index contributed by atoms with van der Waals surface area (Å²) in [4.78, 5) is 4.74. The van der Waals surface area contributed by atoms with Gasteiger partial charge in [-0.15, -0.1) is 11.3 Å². The highest BCUT2D eigenvalue weighted by Crippen LogP contribution is 2.30. The van der Waals surface area contributed by atoms with Crippen LogP contribution < -0.4 is 4.72 Å². The number of thiophene rings is 1. The van der Waals surface area contributed by atoms with E-state index in [-0.39, 0.29) is 20.2 Å². The van der Waals surface area contributed by atoms with Gasteiger partial charge in [-0.25, -0.2) is 13.4 Å². The minimum absolute atomic E-state index is 0.0295. The van der Waals surface area contributed by atoms with Crippen molar-refractivity contribution < 1.29 is 8.42 Å². The first-order chi connectivity index (χ1) is 8.79. The Hall–Kier alpha value is -0.820. The summed E-state index contributed by atoms with van der Waals surface area (Å²) in [6.07, 6.45) is 0. The maximum absolute atomic E-state index is 12.2. The number of anilines is 1. The fourth-order valence-corrected chi connectivity index (χ4v) is 4.52. The Morgan fingerprint density at radius 1 is 1.26 bits per heavy atom. The average molecular weight is 337 g/mol. The summed E-state index contributed by atoms with van der Waals surface area (Å²) >= 11 is 12.8.